The summed E-state index contributed by atoms with van der Waals surface area (Å²) >= 11 is 0. The summed E-state index contributed by atoms with van der Waals surface area (Å²) in [4.78, 5) is 20.4. The van der Waals surface area contributed by atoms with Crippen molar-refractivity contribution in [3.05, 3.63) is 63.7 Å². The first-order valence-corrected chi connectivity index (χ1v) is 8.14. The van der Waals surface area contributed by atoms with Gasteiger partial charge in [-0.15, -0.1) is 0 Å². The van der Waals surface area contributed by atoms with Crippen LogP contribution in [0, 0.1) is 10.1 Å². The number of nitrogens with two attached hydrogens (primary N) is 1. The van der Waals surface area contributed by atoms with Crippen LogP contribution in [0.3, 0.4) is 0 Å². The Kier molecular flexibility index (Phi) is 4.74. The maximum absolute atomic E-state index is 12.4. The zero-order chi connectivity index (χ0) is 17.8. The van der Waals surface area contributed by atoms with E-state index >= 15 is 0 Å². The lowest BCUT2D eigenvalue weighted by molar-refractivity contribution is -0.464. The third-order valence-electron chi connectivity index (χ3n) is 3.85. The number of nitrogen functional groups attached to an aromatic ring is 1. The number of aryl methyl sites for hydroxylation is 1. The van der Waals surface area contributed by atoms with Crippen molar-refractivity contribution in [1.82, 2.24) is 14.7 Å². The van der Waals surface area contributed by atoms with Crippen LogP contribution in [-0.4, -0.2) is 14.7 Å². The Bertz CT molecular complexity index is 994. The van der Waals surface area contributed by atoms with E-state index in [0.717, 1.165) is 29.7 Å². The predicted octanol–water partition coefficient (Wildman–Crippen LogP) is 2.79. The number of aromatic nitrogens is 4. The Hall–Kier alpha value is -3.22. The molecule has 0 saturated carbocycles. The number of fused-ring (bicyclic) bond motifs is 1. The summed E-state index contributed by atoms with van der Waals surface area (Å²) < 4.78 is 1.41. The Morgan fingerprint density at radius 2 is 2.08 bits per heavy atom. The first kappa shape index (κ1) is 16.6. The normalized spacial score (nSPS) is 11.4. The lowest BCUT2D eigenvalue weighted by Gasteiger charge is -2.14. The van der Waals surface area contributed by atoms with Gasteiger partial charge in [-0.25, -0.2) is 9.97 Å². The zero-order valence-corrected chi connectivity index (χ0v) is 13.9. The molecule has 0 saturated heterocycles. The molecule has 0 unspecified atom stereocenters. The molecular formula is C18H19N5O2. The molecular weight excluding hydrogens is 318 g/mol. The zero-order valence-electron chi connectivity index (χ0n) is 13.9. The van der Waals surface area contributed by atoms with Crippen LogP contribution in [0.5, 0.6) is 0 Å². The number of nitrogens with zero attached hydrogens (tertiary/aromatic N) is 4. The van der Waals surface area contributed by atoms with Gasteiger partial charge in [-0.2, -0.15) is 0 Å². The van der Waals surface area contributed by atoms with Gasteiger partial charge >= 0.3 is 0 Å². The standard InChI is InChI=1S/C18H19N5O2/c1-2-3-6-13-11-14(21-18(19)20-13)9-10-15-12-22(24)16-7-4-5-8-17(16)23(15)25/h4-5,7-12H,2-3,6H2,1H3,(H2,19,20,21). The Morgan fingerprint density at radius 3 is 2.88 bits per heavy atom. The fraction of sp³-hybridized carbons (Fsp3) is 0.222. The van der Waals surface area contributed by atoms with Crippen LogP contribution in [0.25, 0.3) is 23.2 Å². The summed E-state index contributed by atoms with van der Waals surface area (Å²) in [5.41, 5.74) is 8.07. The lowest BCUT2D eigenvalue weighted by atomic mass is 10.2. The minimum Gasteiger partial charge on any atom is -0.805 e. The molecule has 0 aliphatic heterocycles. The molecule has 2 aromatic heterocycles. The van der Waals surface area contributed by atoms with Crippen LogP contribution in [0.1, 0.15) is 36.8 Å². The molecule has 0 aliphatic carbocycles. The third kappa shape index (κ3) is 3.65. The lowest BCUT2D eigenvalue weighted by Crippen LogP contribution is -2.18. The molecule has 2 heterocycles. The van der Waals surface area contributed by atoms with Crippen molar-refractivity contribution in [1.29, 1.82) is 0 Å². The van der Waals surface area contributed by atoms with E-state index in [1.165, 1.54) is 6.20 Å². The number of anilines is 1. The van der Waals surface area contributed by atoms with Crippen molar-refractivity contribution in [2.24, 2.45) is 0 Å². The van der Waals surface area contributed by atoms with Gasteiger partial charge in [0.1, 0.15) is 11.2 Å². The average molecular weight is 337 g/mol. The monoisotopic (exact) mass is 337 g/mol. The molecule has 128 valence electrons. The summed E-state index contributed by atoms with van der Waals surface area (Å²) in [6.45, 7) is 2.11. The number of unbranched alkanes of at least 4 members (excludes halogenated alkanes) is 1. The van der Waals surface area contributed by atoms with Gasteiger partial charge in [0.15, 0.2) is 0 Å². The average Bonchev–Trinajstić information content (AvgIpc) is 2.61. The van der Waals surface area contributed by atoms with Crippen molar-refractivity contribution >= 4 is 29.1 Å². The van der Waals surface area contributed by atoms with Crippen molar-refractivity contribution in [3.8, 4) is 0 Å². The fourth-order valence-electron chi connectivity index (χ4n) is 2.60. The second-order valence-electron chi connectivity index (χ2n) is 5.74. The second-order valence-corrected chi connectivity index (χ2v) is 5.74. The number of para-hydroxylation sites is 2. The molecule has 1 aromatic carbocycles. The van der Waals surface area contributed by atoms with Gasteiger partial charge < -0.3 is 15.7 Å². The summed E-state index contributed by atoms with van der Waals surface area (Å²) in [6.07, 6.45) is 7.36. The highest BCUT2D eigenvalue weighted by Crippen LogP contribution is 2.14. The van der Waals surface area contributed by atoms with Crippen LogP contribution >= 0.6 is 0 Å². The second kappa shape index (κ2) is 7.12. The van der Waals surface area contributed by atoms with Crippen molar-refractivity contribution in [2.75, 3.05) is 5.73 Å². The topological polar surface area (TPSA) is 103 Å². The number of rotatable bonds is 5. The molecule has 0 aliphatic rings. The maximum atomic E-state index is 12.4. The van der Waals surface area contributed by atoms with E-state index in [1.807, 2.05) is 6.07 Å². The molecule has 0 fully saturated rings. The van der Waals surface area contributed by atoms with Crippen molar-refractivity contribution in [2.45, 2.75) is 26.2 Å². The van der Waals surface area contributed by atoms with E-state index in [2.05, 4.69) is 16.9 Å². The molecule has 7 nitrogen and oxygen atoms in total. The van der Waals surface area contributed by atoms with Crippen LogP contribution in [0.4, 0.5) is 5.95 Å². The molecule has 0 spiro atoms. The molecule has 0 atom stereocenters. The maximum Gasteiger partial charge on any atom is 0.286 e. The number of hydrogen-bond acceptors (Lipinski definition) is 5. The first-order chi connectivity index (χ1) is 12.1. The van der Waals surface area contributed by atoms with Crippen molar-refractivity contribution in [3.63, 3.8) is 0 Å². The quantitative estimate of drug-likeness (QED) is 0.721. The van der Waals surface area contributed by atoms with Gasteiger partial charge in [0.25, 0.3) is 11.7 Å². The van der Waals surface area contributed by atoms with E-state index in [1.54, 1.807) is 36.4 Å². The molecule has 0 amide bonds. The largest absolute Gasteiger partial charge is 0.805 e. The molecule has 3 aromatic rings. The summed E-state index contributed by atoms with van der Waals surface area (Å²) in [6, 6.07) is 8.49. The van der Waals surface area contributed by atoms with Gasteiger partial charge in [-0.3, -0.25) is 0 Å². The third-order valence-corrected chi connectivity index (χ3v) is 3.85. The van der Waals surface area contributed by atoms with Gasteiger partial charge in [-0.05, 0) is 37.1 Å². The minimum atomic E-state index is 0.195. The minimum absolute atomic E-state index is 0.195. The van der Waals surface area contributed by atoms with Crippen LogP contribution in [-0.2, 0) is 6.42 Å². The van der Waals surface area contributed by atoms with E-state index in [0.29, 0.717) is 21.2 Å². The molecule has 2 N–H and O–H groups in total. The first-order valence-electron chi connectivity index (χ1n) is 8.14. The van der Waals surface area contributed by atoms with E-state index in [4.69, 9.17) is 5.73 Å². The van der Waals surface area contributed by atoms with Crippen molar-refractivity contribution < 1.29 is 4.43 Å². The Labute approximate surface area is 144 Å². The van der Waals surface area contributed by atoms with E-state index in [9.17, 15) is 10.1 Å². The van der Waals surface area contributed by atoms with Gasteiger partial charge in [0, 0.05) is 16.7 Å². The highest BCUT2D eigenvalue weighted by atomic mass is 16.5. The van der Waals surface area contributed by atoms with E-state index in [-0.39, 0.29) is 11.6 Å². The number of hydrogen-bond donors (Lipinski definition) is 1. The summed E-state index contributed by atoms with van der Waals surface area (Å²) in [7, 11) is 0. The fourth-order valence-corrected chi connectivity index (χ4v) is 2.60. The van der Waals surface area contributed by atoms with Crippen LogP contribution in [0.15, 0.2) is 36.5 Å². The molecule has 25 heavy (non-hydrogen) atoms. The molecule has 7 heteroatoms. The van der Waals surface area contributed by atoms with E-state index < -0.39 is 0 Å². The molecule has 3 rings (SSSR count). The summed E-state index contributed by atoms with van der Waals surface area (Å²) in [5, 5.41) is 12.4. The highest BCUT2D eigenvalue weighted by molar-refractivity contribution is 5.75. The summed E-state index contributed by atoms with van der Waals surface area (Å²) in [5.74, 6) is 0.195. The van der Waals surface area contributed by atoms with Gasteiger partial charge in [0.05, 0.1) is 10.1 Å². The Morgan fingerprint density at radius 1 is 1.28 bits per heavy atom. The SMILES string of the molecule is CCCCc1cc(C=Cc2c[n+](=O)c3ccccc3n2[O-])nc(N)n1. The van der Waals surface area contributed by atoms with Crippen LogP contribution in [0.2, 0.25) is 0 Å². The molecule has 0 bridgehead atoms. The van der Waals surface area contributed by atoms with Crippen LogP contribution < -0.4 is 10.2 Å². The van der Waals surface area contributed by atoms with Gasteiger partial charge in [-0.1, -0.05) is 25.5 Å². The van der Waals surface area contributed by atoms with Gasteiger partial charge in [0.2, 0.25) is 5.95 Å². The highest BCUT2D eigenvalue weighted by Gasteiger charge is 2.09. The number of benzene rings is 1. The molecule has 0 radical (unpaired) electrons. The Balaban J connectivity index is 1.97. The smallest absolute Gasteiger partial charge is 0.286 e. The predicted molar refractivity (Wildman–Crippen MR) is 98.1 cm³/mol.